The number of aliphatic imine (C=N–C) groups is 1. The van der Waals surface area contributed by atoms with Crippen LogP contribution in [0.1, 0.15) is 24.1 Å². The van der Waals surface area contributed by atoms with E-state index in [1.54, 1.807) is 11.3 Å². The Balaban J connectivity index is 2.03. The standard InChI is InChI=1S/C13H21N3O2S/c1-18-12(17)6-2-3-8-15-13(14)16-9-7-11-5-4-10-19-11/h4-5,10H,2-3,6-9H2,1H3,(H3,14,15,16). The molecule has 0 atom stereocenters. The molecule has 19 heavy (non-hydrogen) atoms. The number of carbonyl (C=O) groups is 1. The molecular formula is C13H21N3O2S. The van der Waals surface area contributed by atoms with Crippen molar-refractivity contribution in [2.75, 3.05) is 20.2 Å². The summed E-state index contributed by atoms with van der Waals surface area (Å²) in [7, 11) is 1.40. The number of guanidine groups is 1. The lowest BCUT2D eigenvalue weighted by atomic mass is 10.2. The Hall–Kier alpha value is -1.56. The van der Waals surface area contributed by atoms with E-state index in [-0.39, 0.29) is 5.97 Å². The molecule has 0 unspecified atom stereocenters. The van der Waals surface area contributed by atoms with Crippen molar-refractivity contribution in [3.8, 4) is 0 Å². The molecule has 0 spiro atoms. The van der Waals surface area contributed by atoms with Crippen molar-refractivity contribution in [3.05, 3.63) is 22.4 Å². The second-order valence-electron chi connectivity index (χ2n) is 4.06. The van der Waals surface area contributed by atoms with Crippen LogP contribution in [-0.2, 0) is 16.0 Å². The molecule has 0 amide bonds. The molecule has 1 aromatic rings. The Bertz CT molecular complexity index is 391. The predicted molar refractivity (Wildman–Crippen MR) is 78.4 cm³/mol. The number of unbranched alkanes of at least 4 members (excludes halogenated alkanes) is 1. The van der Waals surface area contributed by atoms with Gasteiger partial charge in [0.25, 0.3) is 0 Å². The lowest BCUT2D eigenvalue weighted by Gasteiger charge is -2.04. The average molecular weight is 283 g/mol. The number of esters is 1. The Morgan fingerprint density at radius 2 is 2.37 bits per heavy atom. The maximum atomic E-state index is 10.9. The van der Waals surface area contributed by atoms with Crippen molar-refractivity contribution in [1.29, 1.82) is 0 Å². The summed E-state index contributed by atoms with van der Waals surface area (Å²) in [4.78, 5) is 16.4. The van der Waals surface area contributed by atoms with Gasteiger partial charge >= 0.3 is 5.97 Å². The highest BCUT2D eigenvalue weighted by Gasteiger charge is 1.99. The van der Waals surface area contributed by atoms with E-state index in [2.05, 4.69) is 26.5 Å². The molecule has 0 fully saturated rings. The second kappa shape index (κ2) is 9.38. The first-order chi connectivity index (χ1) is 9.22. The molecule has 6 heteroatoms. The molecule has 0 aliphatic heterocycles. The van der Waals surface area contributed by atoms with E-state index < -0.39 is 0 Å². The van der Waals surface area contributed by atoms with Gasteiger partial charge in [0.2, 0.25) is 0 Å². The van der Waals surface area contributed by atoms with Crippen LogP contribution >= 0.6 is 11.3 Å². The van der Waals surface area contributed by atoms with E-state index in [0.29, 0.717) is 18.9 Å². The molecule has 0 saturated carbocycles. The van der Waals surface area contributed by atoms with Crippen LogP contribution in [0.3, 0.4) is 0 Å². The summed E-state index contributed by atoms with van der Waals surface area (Å²) in [6.45, 7) is 1.42. The zero-order valence-corrected chi connectivity index (χ0v) is 12.0. The molecule has 0 radical (unpaired) electrons. The van der Waals surface area contributed by atoms with Gasteiger partial charge in [-0.3, -0.25) is 9.79 Å². The molecule has 0 aromatic carbocycles. The monoisotopic (exact) mass is 283 g/mol. The molecule has 1 aromatic heterocycles. The van der Waals surface area contributed by atoms with Gasteiger partial charge in [0, 0.05) is 24.4 Å². The van der Waals surface area contributed by atoms with Gasteiger partial charge in [-0.25, -0.2) is 0 Å². The maximum Gasteiger partial charge on any atom is 0.305 e. The first-order valence-corrected chi connectivity index (χ1v) is 7.23. The van der Waals surface area contributed by atoms with Crippen LogP contribution in [0.25, 0.3) is 0 Å². The van der Waals surface area contributed by atoms with Gasteiger partial charge in [0.15, 0.2) is 5.96 Å². The van der Waals surface area contributed by atoms with E-state index in [1.807, 2.05) is 6.07 Å². The molecule has 1 heterocycles. The number of methoxy groups -OCH3 is 1. The van der Waals surface area contributed by atoms with Crippen LogP contribution in [-0.4, -0.2) is 32.1 Å². The third-order valence-corrected chi connectivity index (χ3v) is 3.49. The van der Waals surface area contributed by atoms with Gasteiger partial charge in [-0.1, -0.05) is 6.07 Å². The van der Waals surface area contributed by atoms with Crippen molar-refractivity contribution in [2.45, 2.75) is 25.7 Å². The number of carbonyl (C=O) groups excluding carboxylic acids is 1. The van der Waals surface area contributed by atoms with Gasteiger partial charge in [-0.15, -0.1) is 11.3 Å². The number of rotatable bonds is 8. The van der Waals surface area contributed by atoms with Crippen LogP contribution in [0, 0.1) is 0 Å². The summed E-state index contributed by atoms with van der Waals surface area (Å²) in [5.74, 6) is 0.292. The molecule has 1 rings (SSSR count). The van der Waals surface area contributed by atoms with Crippen molar-refractivity contribution < 1.29 is 9.53 Å². The lowest BCUT2D eigenvalue weighted by Crippen LogP contribution is -2.33. The summed E-state index contributed by atoms with van der Waals surface area (Å²) >= 11 is 1.74. The van der Waals surface area contributed by atoms with Crippen LogP contribution in [0.2, 0.25) is 0 Å². The van der Waals surface area contributed by atoms with Gasteiger partial charge in [0.05, 0.1) is 7.11 Å². The zero-order valence-electron chi connectivity index (χ0n) is 11.2. The molecule has 0 bridgehead atoms. The van der Waals surface area contributed by atoms with Gasteiger partial charge < -0.3 is 15.8 Å². The summed E-state index contributed by atoms with van der Waals surface area (Å²) in [6.07, 6.45) is 3.01. The minimum atomic E-state index is -0.175. The third kappa shape index (κ3) is 7.46. The third-order valence-electron chi connectivity index (χ3n) is 2.56. The number of hydrogen-bond donors (Lipinski definition) is 2. The topological polar surface area (TPSA) is 76.7 Å². The minimum absolute atomic E-state index is 0.175. The minimum Gasteiger partial charge on any atom is -0.469 e. The Kier molecular flexibility index (Phi) is 7.65. The van der Waals surface area contributed by atoms with Crippen molar-refractivity contribution in [3.63, 3.8) is 0 Å². The van der Waals surface area contributed by atoms with Crippen LogP contribution in [0.4, 0.5) is 0 Å². The van der Waals surface area contributed by atoms with Crippen molar-refractivity contribution in [1.82, 2.24) is 5.32 Å². The molecule has 106 valence electrons. The normalized spacial score (nSPS) is 11.3. The fourth-order valence-electron chi connectivity index (χ4n) is 1.51. The fourth-order valence-corrected chi connectivity index (χ4v) is 2.22. The quantitative estimate of drug-likeness (QED) is 0.328. The molecular weight excluding hydrogens is 262 g/mol. The number of ether oxygens (including phenoxy) is 1. The van der Waals surface area contributed by atoms with Crippen LogP contribution in [0.15, 0.2) is 22.5 Å². The highest BCUT2D eigenvalue weighted by atomic mass is 32.1. The zero-order chi connectivity index (χ0) is 13.9. The summed E-state index contributed by atoms with van der Waals surface area (Å²) in [5.41, 5.74) is 5.73. The van der Waals surface area contributed by atoms with Crippen LogP contribution in [0.5, 0.6) is 0 Å². The van der Waals surface area contributed by atoms with Gasteiger partial charge in [0.1, 0.15) is 0 Å². The number of nitrogens with zero attached hydrogens (tertiary/aromatic N) is 1. The second-order valence-corrected chi connectivity index (χ2v) is 5.09. The van der Waals surface area contributed by atoms with E-state index in [4.69, 9.17) is 5.73 Å². The molecule has 5 nitrogen and oxygen atoms in total. The average Bonchev–Trinajstić information content (AvgIpc) is 2.91. The van der Waals surface area contributed by atoms with E-state index in [0.717, 1.165) is 25.8 Å². The van der Waals surface area contributed by atoms with Crippen LogP contribution < -0.4 is 11.1 Å². The first kappa shape index (κ1) is 15.5. The number of nitrogens with one attached hydrogen (secondary N) is 1. The molecule has 0 saturated heterocycles. The summed E-state index contributed by atoms with van der Waals surface area (Å²) in [6, 6.07) is 4.14. The molecule has 3 N–H and O–H groups in total. The Morgan fingerprint density at radius 1 is 1.53 bits per heavy atom. The Labute approximate surface area is 117 Å². The largest absolute Gasteiger partial charge is 0.469 e. The van der Waals surface area contributed by atoms with Crippen molar-refractivity contribution in [2.24, 2.45) is 10.7 Å². The Morgan fingerprint density at radius 3 is 3.05 bits per heavy atom. The highest BCUT2D eigenvalue weighted by molar-refractivity contribution is 7.09. The van der Waals surface area contributed by atoms with E-state index in [9.17, 15) is 4.79 Å². The van der Waals surface area contributed by atoms with Crippen molar-refractivity contribution >= 4 is 23.3 Å². The lowest BCUT2D eigenvalue weighted by molar-refractivity contribution is -0.140. The van der Waals surface area contributed by atoms with Gasteiger partial charge in [-0.2, -0.15) is 0 Å². The summed E-state index contributed by atoms with van der Waals surface area (Å²) < 4.78 is 4.56. The maximum absolute atomic E-state index is 10.9. The highest BCUT2D eigenvalue weighted by Crippen LogP contribution is 2.07. The van der Waals surface area contributed by atoms with E-state index >= 15 is 0 Å². The number of thiophene rings is 1. The predicted octanol–water partition coefficient (Wildman–Crippen LogP) is 1.54. The van der Waals surface area contributed by atoms with E-state index in [1.165, 1.54) is 12.0 Å². The summed E-state index contributed by atoms with van der Waals surface area (Å²) in [5, 5.41) is 5.14. The first-order valence-electron chi connectivity index (χ1n) is 6.35. The number of nitrogens with two attached hydrogens (primary N) is 1. The molecule has 0 aliphatic carbocycles. The smallest absolute Gasteiger partial charge is 0.305 e. The molecule has 0 aliphatic rings. The fraction of sp³-hybridized carbons (Fsp3) is 0.538. The SMILES string of the molecule is COC(=O)CCCCN=C(N)NCCc1cccs1. The van der Waals surface area contributed by atoms with Gasteiger partial charge in [-0.05, 0) is 30.7 Å². The number of hydrogen-bond acceptors (Lipinski definition) is 4.